The molecular weight excluding hydrogens is 503 g/mol. The first-order valence-corrected chi connectivity index (χ1v) is 14.0. The van der Waals surface area contributed by atoms with Crippen molar-refractivity contribution in [3.8, 4) is 28.7 Å². The van der Waals surface area contributed by atoms with Gasteiger partial charge in [-0.1, -0.05) is 48.5 Å². The van der Waals surface area contributed by atoms with E-state index in [2.05, 4.69) is 131 Å². The molecule has 0 fully saturated rings. The van der Waals surface area contributed by atoms with Crippen molar-refractivity contribution in [1.82, 2.24) is 4.57 Å². The SMILES string of the molecule is c1ccc(N(c2ccccc2)c2ccc3c(c2)c2ccc4c5c2n3-c2cccc3c2B5c2c(cccc2O4)O3)cc1. The Kier molecular flexibility index (Phi) is 3.98. The van der Waals surface area contributed by atoms with Crippen LogP contribution < -0.4 is 30.8 Å². The minimum absolute atomic E-state index is 0.0787. The number of ether oxygens (including phenoxy) is 2. The lowest BCUT2D eigenvalue weighted by Gasteiger charge is -2.37. The van der Waals surface area contributed by atoms with Crippen molar-refractivity contribution in [2.75, 3.05) is 4.90 Å². The fourth-order valence-electron chi connectivity index (χ4n) is 7.22. The van der Waals surface area contributed by atoms with Gasteiger partial charge in [-0.05, 0) is 89.8 Å². The first kappa shape index (κ1) is 21.4. The predicted octanol–water partition coefficient (Wildman–Crippen LogP) is 7.29. The third kappa shape index (κ3) is 2.70. The lowest BCUT2D eigenvalue weighted by molar-refractivity contribution is 0.464. The summed E-state index contributed by atoms with van der Waals surface area (Å²) in [5.41, 5.74) is 10.5. The highest BCUT2D eigenvalue weighted by atomic mass is 16.5. The van der Waals surface area contributed by atoms with Crippen LogP contribution in [0.25, 0.3) is 27.5 Å². The van der Waals surface area contributed by atoms with E-state index in [4.69, 9.17) is 9.47 Å². The minimum Gasteiger partial charge on any atom is -0.458 e. The Morgan fingerprint density at radius 1 is 0.488 bits per heavy atom. The number of rotatable bonds is 3. The van der Waals surface area contributed by atoms with E-state index in [-0.39, 0.29) is 6.71 Å². The fraction of sp³-hybridized carbons (Fsp3) is 0. The summed E-state index contributed by atoms with van der Waals surface area (Å²) in [4.78, 5) is 2.32. The number of hydrogen-bond donors (Lipinski definition) is 0. The van der Waals surface area contributed by atoms with Crippen LogP contribution in [-0.4, -0.2) is 11.3 Å². The highest BCUT2D eigenvalue weighted by Crippen LogP contribution is 2.44. The number of fused-ring (bicyclic) bond motifs is 4. The van der Waals surface area contributed by atoms with E-state index in [1.165, 1.54) is 38.4 Å². The van der Waals surface area contributed by atoms with E-state index in [0.29, 0.717) is 0 Å². The number of hydrogen-bond acceptors (Lipinski definition) is 3. The van der Waals surface area contributed by atoms with E-state index in [1.54, 1.807) is 0 Å². The van der Waals surface area contributed by atoms with Crippen molar-refractivity contribution in [2.45, 2.75) is 0 Å². The van der Waals surface area contributed by atoms with Crippen LogP contribution in [0.5, 0.6) is 23.0 Å². The Morgan fingerprint density at radius 3 is 1.83 bits per heavy atom. The van der Waals surface area contributed by atoms with E-state index >= 15 is 0 Å². The van der Waals surface area contributed by atoms with Gasteiger partial charge in [-0.3, -0.25) is 0 Å². The van der Waals surface area contributed by atoms with Crippen molar-refractivity contribution in [3.63, 3.8) is 0 Å². The zero-order valence-electron chi connectivity index (χ0n) is 21.9. The molecule has 0 aliphatic carbocycles. The molecule has 0 radical (unpaired) electrons. The van der Waals surface area contributed by atoms with Crippen LogP contribution in [0.2, 0.25) is 0 Å². The van der Waals surface area contributed by atoms with Gasteiger partial charge in [0.25, 0.3) is 6.71 Å². The van der Waals surface area contributed by atoms with Crippen molar-refractivity contribution in [3.05, 3.63) is 127 Å². The van der Waals surface area contributed by atoms with Crippen LogP contribution in [-0.2, 0) is 0 Å². The van der Waals surface area contributed by atoms with Crippen LogP contribution in [0.3, 0.4) is 0 Å². The third-order valence-electron chi connectivity index (χ3n) is 8.81. The fourth-order valence-corrected chi connectivity index (χ4v) is 7.22. The largest absolute Gasteiger partial charge is 0.458 e. The van der Waals surface area contributed by atoms with Gasteiger partial charge in [-0.15, -0.1) is 0 Å². The molecule has 0 atom stereocenters. The van der Waals surface area contributed by atoms with Crippen LogP contribution in [0.15, 0.2) is 127 Å². The molecule has 7 aromatic rings. The lowest BCUT2D eigenvalue weighted by Crippen LogP contribution is -2.60. The van der Waals surface area contributed by atoms with Gasteiger partial charge in [0.1, 0.15) is 23.0 Å². The van der Waals surface area contributed by atoms with Gasteiger partial charge in [0.2, 0.25) is 0 Å². The topological polar surface area (TPSA) is 26.6 Å². The highest BCUT2D eigenvalue weighted by molar-refractivity contribution is 7.00. The van der Waals surface area contributed by atoms with Crippen LogP contribution in [0.1, 0.15) is 0 Å². The van der Waals surface area contributed by atoms with Gasteiger partial charge in [0.15, 0.2) is 0 Å². The second-order valence-corrected chi connectivity index (χ2v) is 10.9. The molecule has 190 valence electrons. The quantitative estimate of drug-likeness (QED) is 0.227. The highest BCUT2D eigenvalue weighted by Gasteiger charge is 2.46. The maximum Gasteiger partial charge on any atom is 0.266 e. The smallest absolute Gasteiger partial charge is 0.266 e. The molecule has 4 heterocycles. The lowest BCUT2D eigenvalue weighted by atomic mass is 9.33. The molecule has 0 amide bonds. The first-order valence-electron chi connectivity index (χ1n) is 14.0. The van der Waals surface area contributed by atoms with Gasteiger partial charge in [0.05, 0.1) is 11.0 Å². The Morgan fingerprint density at radius 2 is 1.12 bits per heavy atom. The molecule has 0 N–H and O–H groups in total. The zero-order valence-corrected chi connectivity index (χ0v) is 21.9. The van der Waals surface area contributed by atoms with E-state index in [1.807, 2.05) is 6.07 Å². The van der Waals surface area contributed by atoms with Crippen molar-refractivity contribution in [1.29, 1.82) is 0 Å². The standard InChI is InChI=1S/C36H21BN2O2/c1-3-9-22(10-4-1)38(23-11-5-2-6-12-23)24-17-19-27-26(21-24)25-18-20-32-35-36(25)39(27)28-13-7-14-29-33(28)37(35)34-30(40-29)15-8-16-31(34)41-32/h1-21H. The predicted molar refractivity (Wildman–Crippen MR) is 167 cm³/mol. The maximum atomic E-state index is 6.54. The summed E-state index contributed by atoms with van der Waals surface area (Å²) in [7, 11) is 0. The van der Waals surface area contributed by atoms with Gasteiger partial charge < -0.3 is 18.9 Å². The van der Waals surface area contributed by atoms with Crippen molar-refractivity contribution < 1.29 is 9.47 Å². The molecule has 5 heteroatoms. The van der Waals surface area contributed by atoms with Crippen molar-refractivity contribution >= 4 is 62.0 Å². The summed E-state index contributed by atoms with van der Waals surface area (Å²) in [6.07, 6.45) is 0. The van der Waals surface area contributed by atoms with E-state index in [9.17, 15) is 0 Å². The molecule has 0 unspecified atom stereocenters. The third-order valence-corrected chi connectivity index (χ3v) is 8.81. The van der Waals surface area contributed by atoms with Gasteiger partial charge in [-0.25, -0.2) is 0 Å². The number of benzene rings is 6. The van der Waals surface area contributed by atoms with Gasteiger partial charge in [-0.2, -0.15) is 0 Å². The number of nitrogens with zero attached hydrogens (tertiary/aromatic N) is 2. The normalized spacial score (nSPS) is 13.2. The summed E-state index contributed by atoms with van der Waals surface area (Å²) in [5.74, 6) is 3.61. The summed E-state index contributed by atoms with van der Waals surface area (Å²) < 4.78 is 15.4. The van der Waals surface area contributed by atoms with Crippen LogP contribution in [0, 0.1) is 0 Å². The molecule has 3 aliphatic rings. The Balaban J connectivity index is 1.30. The first-order chi connectivity index (χ1) is 20.3. The Hall–Kier alpha value is -5.42. The average Bonchev–Trinajstić information content (AvgIpc) is 3.36. The zero-order chi connectivity index (χ0) is 26.7. The molecule has 0 saturated heterocycles. The Labute approximate surface area is 236 Å². The van der Waals surface area contributed by atoms with Crippen LogP contribution in [0.4, 0.5) is 17.1 Å². The van der Waals surface area contributed by atoms with E-state index < -0.39 is 0 Å². The molecule has 1 aromatic heterocycles. The summed E-state index contributed by atoms with van der Waals surface area (Å²) in [6.45, 7) is 0.0787. The molecule has 4 nitrogen and oxygen atoms in total. The summed E-state index contributed by atoms with van der Waals surface area (Å²) in [6, 6.07) is 44.9. The van der Waals surface area contributed by atoms with E-state index in [0.717, 1.165) is 45.5 Å². The molecule has 10 rings (SSSR count). The summed E-state index contributed by atoms with van der Waals surface area (Å²) >= 11 is 0. The average molecular weight is 524 g/mol. The van der Waals surface area contributed by atoms with Gasteiger partial charge >= 0.3 is 0 Å². The molecular formula is C36H21BN2O2. The molecule has 3 aliphatic heterocycles. The molecule has 41 heavy (non-hydrogen) atoms. The number of para-hydroxylation sites is 2. The van der Waals surface area contributed by atoms with Gasteiger partial charge in [0, 0.05) is 39.0 Å². The molecule has 6 aromatic carbocycles. The second-order valence-electron chi connectivity index (χ2n) is 10.9. The summed E-state index contributed by atoms with van der Waals surface area (Å²) in [5, 5.41) is 2.45. The number of anilines is 3. The number of aromatic nitrogens is 1. The molecule has 0 saturated carbocycles. The maximum absolute atomic E-state index is 6.54. The molecule has 0 bridgehead atoms. The molecule has 0 spiro atoms. The second kappa shape index (κ2) is 7.61. The monoisotopic (exact) mass is 524 g/mol. The van der Waals surface area contributed by atoms with Crippen molar-refractivity contribution in [2.24, 2.45) is 0 Å². The Bertz CT molecular complexity index is 2170. The van der Waals surface area contributed by atoms with Crippen LogP contribution >= 0.6 is 0 Å². The minimum atomic E-state index is 0.0787.